The Hall–Kier alpha value is -0.900. The molecule has 0 aliphatic carbocycles. The molecule has 1 saturated heterocycles. The van der Waals surface area contributed by atoms with Gasteiger partial charge in [0.05, 0.1) is 12.0 Å². The van der Waals surface area contributed by atoms with E-state index < -0.39 is 12.0 Å². The van der Waals surface area contributed by atoms with Crippen molar-refractivity contribution in [3.8, 4) is 0 Å². The number of carbonyl (C=O) groups is 2. The van der Waals surface area contributed by atoms with Crippen LogP contribution in [0.25, 0.3) is 0 Å². The summed E-state index contributed by atoms with van der Waals surface area (Å²) in [7, 11) is 1.48. The van der Waals surface area contributed by atoms with Crippen molar-refractivity contribution < 1.29 is 14.7 Å². The van der Waals surface area contributed by atoms with Gasteiger partial charge in [0.25, 0.3) is 0 Å². The van der Waals surface area contributed by atoms with Crippen molar-refractivity contribution in [2.75, 3.05) is 7.05 Å². The summed E-state index contributed by atoms with van der Waals surface area (Å²) in [5, 5.41) is 9.85. The zero-order valence-electron chi connectivity index (χ0n) is 10.1. The van der Waals surface area contributed by atoms with Crippen LogP contribution in [0.5, 0.6) is 0 Å². The molecule has 1 fully saturated rings. The fraction of sp³-hybridized carbons (Fsp3) is 0.833. The van der Waals surface area contributed by atoms with Gasteiger partial charge in [0.2, 0.25) is 11.8 Å². The van der Waals surface area contributed by atoms with E-state index >= 15 is 0 Å². The molecule has 1 rings (SSSR count). The summed E-state index contributed by atoms with van der Waals surface area (Å²) in [5.41, 5.74) is 0. The van der Waals surface area contributed by atoms with E-state index in [1.807, 2.05) is 0 Å². The molecule has 4 heteroatoms. The third-order valence-corrected chi connectivity index (χ3v) is 3.23. The largest absolute Gasteiger partial charge is 0.392 e. The van der Waals surface area contributed by atoms with Gasteiger partial charge in [0.1, 0.15) is 0 Å². The molecule has 0 aromatic rings. The molecule has 4 nitrogen and oxygen atoms in total. The van der Waals surface area contributed by atoms with Crippen molar-refractivity contribution in [2.24, 2.45) is 5.92 Å². The molecule has 0 saturated carbocycles. The van der Waals surface area contributed by atoms with Crippen molar-refractivity contribution in [3.63, 3.8) is 0 Å². The average molecular weight is 227 g/mol. The zero-order chi connectivity index (χ0) is 12.1. The summed E-state index contributed by atoms with van der Waals surface area (Å²) in [5.74, 6) is -0.908. The van der Waals surface area contributed by atoms with Crippen LogP contribution in [0.15, 0.2) is 0 Å². The number of hydrogen-bond donors (Lipinski definition) is 1. The minimum atomic E-state index is -0.654. The molecule has 92 valence electrons. The second-order valence-corrected chi connectivity index (χ2v) is 4.52. The number of carbonyl (C=O) groups excluding carboxylic acids is 2. The highest BCUT2D eigenvalue weighted by Crippen LogP contribution is 2.24. The average Bonchev–Trinajstić information content (AvgIpc) is 2.52. The molecule has 0 radical (unpaired) electrons. The van der Waals surface area contributed by atoms with E-state index in [4.69, 9.17) is 0 Å². The van der Waals surface area contributed by atoms with Gasteiger partial charge in [-0.3, -0.25) is 14.5 Å². The van der Waals surface area contributed by atoms with Crippen molar-refractivity contribution >= 4 is 11.8 Å². The minimum Gasteiger partial charge on any atom is -0.392 e. The lowest BCUT2D eigenvalue weighted by Crippen LogP contribution is -2.30. The van der Waals surface area contributed by atoms with E-state index in [-0.39, 0.29) is 18.2 Å². The van der Waals surface area contributed by atoms with Crippen LogP contribution in [-0.4, -0.2) is 35.0 Å². The number of unbranched alkanes of at least 4 members (excludes halogenated alkanes) is 3. The normalized spacial score (nSPS) is 22.9. The van der Waals surface area contributed by atoms with E-state index in [0.29, 0.717) is 6.42 Å². The number of likely N-dealkylation sites (tertiary alicyclic amines) is 1. The van der Waals surface area contributed by atoms with Crippen LogP contribution in [0, 0.1) is 5.92 Å². The molecular weight excluding hydrogens is 206 g/mol. The summed E-state index contributed by atoms with van der Waals surface area (Å²) in [6.07, 6.45) is 4.46. The Labute approximate surface area is 96.6 Å². The Kier molecular flexibility index (Phi) is 4.93. The summed E-state index contributed by atoms with van der Waals surface area (Å²) in [4.78, 5) is 24.0. The van der Waals surface area contributed by atoms with E-state index in [2.05, 4.69) is 6.92 Å². The first-order valence-electron chi connectivity index (χ1n) is 6.06. The van der Waals surface area contributed by atoms with Crippen molar-refractivity contribution in [1.29, 1.82) is 0 Å². The van der Waals surface area contributed by atoms with Gasteiger partial charge in [-0.15, -0.1) is 0 Å². The van der Waals surface area contributed by atoms with E-state index in [1.165, 1.54) is 7.05 Å². The lowest BCUT2D eigenvalue weighted by atomic mass is 9.96. The summed E-state index contributed by atoms with van der Waals surface area (Å²) in [6.45, 7) is 2.13. The van der Waals surface area contributed by atoms with Crippen LogP contribution in [0.2, 0.25) is 0 Å². The number of rotatable bonds is 6. The number of aliphatic hydroxyl groups is 1. The molecule has 1 heterocycles. The van der Waals surface area contributed by atoms with Crippen molar-refractivity contribution in [1.82, 2.24) is 4.90 Å². The first-order chi connectivity index (χ1) is 7.57. The van der Waals surface area contributed by atoms with E-state index in [1.54, 1.807) is 0 Å². The van der Waals surface area contributed by atoms with E-state index in [9.17, 15) is 14.7 Å². The summed E-state index contributed by atoms with van der Waals surface area (Å²) in [6, 6.07) is 0. The maximum absolute atomic E-state index is 11.6. The summed E-state index contributed by atoms with van der Waals surface area (Å²) >= 11 is 0. The van der Waals surface area contributed by atoms with Crippen LogP contribution in [0.1, 0.15) is 45.4 Å². The topological polar surface area (TPSA) is 57.6 Å². The third kappa shape index (κ3) is 3.04. The van der Waals surface area contributed by atoms with Crippen LogP contribution in [-0.2, 0) is 9.59 Å². The number of hydrogen-bond acceptors (Lipinski definition) is 3. The van der Waals surface area contributed by atoms with Gasteiger partial charge >= 0.3 is 0 Å². The fourth-order valence-corrected chi connectivity index (χ4v) is 2.07. The maximum Gasteiger partial charge on any atom is 0.235 e. The second kappa shape index (κ2) is 5.99. The monoisotopic (exact) mass is 227 g/mol. The SMILES string of the molecule is CCCCCCC(O)C1CC(=O)N(C)C1=O. The Bertz CT molecular complexity index is 265. The Morgan fingerprint density at radius 1 is 1.38 bits per heavy atom. The Morgan fingerprint density at radius 3 is 2.56 bits per heavy atom. The van der Waals surface area contributed by atoms with E-state index in [0.717, 1.165) is 30.6 Å². The predicted octanol–water partition coefficient (Wildman–Crippen LogP) is 1.32. The minimum absolute atomic E-state index is 0.171. The summed E-state index contributed by atoms with van der Waals surface area (Å²) < 4.78 is 0. The molecule has 0 bridgehead atoms. The standard InChI is InChI=1S/C12H21NO3/c1-3-4-5-6-7-10(14)9-8-11(15)13(2)12(9)16/h9-10,14H,3-8H2,1-2H3. The highest BCUT2D eigenvalue weighted by atomic mass is 16.3. The maximum atomic E-state index is 11.6. The molecular formula is C12H21NO3. The molecule has 2 atom stereocenters. The highest BCUT2D eigenvalue weighted by Gasteiger charge is 2.39. The lowest BCUT2D eigenvalue weighted by Gasteiger charge is -2.15. The predicted molar refractivity (Wildman–Crippen MR) is 60.6 cm³/mol. The molecule has 1 aliphatic rings. The first kappa shape index (κ1) is 13.2. The molecule has 2 amide bonds. The third-order valence-electron chi connectivity index (χ3n) is 3.23. The van der Waals surface area contributed by atoms with Gasteiger partial charge in [-0.05, 0) is 6.42 Å². The number of aliphatic hydroxyl groups excluding tert-OH is 1. The lowest BCUT2D eigenvalue weighted by molar-refractivity contribution is -0.138. The molecule has 1 aliphatic heterocycles. The molecule has 0 aromatic heterocycles. The van der Waals surface area contributed by atoms with Gasteiger partial charge in [-0.2, -0.15) is 0 Å². The number of imide groups is 1. The smallest absolute Gasteiger partial charge is 0.235 e. The molecule has 0 spiro atoms. The van der Waals surface area contributed by atoms with Gasteiger partial charge < -0.3 is 5.11 Å². The molecule has 2 unspecified atom stereocenters. The van der Waals surface area contributed by atoms with Crippen LogP contribution in [0.3, 0.4) is 0 Å². The Balaban J connectivity index is 2.34. The van der Waals surface area contributed by atoms with Crippen molar-refractivity contribution in [3.05, 3.63) is 0 Å². The second-order valence-electron chi connectivity index (χ2n) is 4.52. The van der Waals surface area contributed by atoms with Gasteiger partial charge in [0.15, 0.2) is 0 Å². The van der Waals surface area contributed by atoms with Gasteiger partial charge in [-0.1, -0.05) is 32.6 Å². The van der Waals surface area contributed by atoms with Gasteiger partial charge in [0, 0.05) is 13.5 Å². The number of amides is 2. The van der Waals surface area contributed by atoms with Crippen LogP contribution < -0.4 is 0 Å². The molecule has 16 heavy (non-hydrogen) atoms. The first-order valence-corrected chi connectivity index (χ1v) is 6.06. The highest BCUT2D eigenvalue weighted by molar-refractivity contribution is 6.03. The van der Waals surface area contributed by atoms with Crippen molar-refractivity contribution in [2.45, 2.75) is 51.6 Å². The number of nitrogens with zero attached hydrogens (tertiary/aromatic N) is 1. The van der Waals surface area contributed by atoms with Gasteiger partial charge in [-0.25, -0.2) is 0 Å². The van der Waals surface area contributed by atoms with Crippen LogP contribution in [0.4, 0.5) is 0 Å². The quantitative estimate of drug-likeness (QED) is 0.550. The molecule has 0 aromatic carbocycles. The fourth-order valence-electron chi connectivity index (χ4n) is 2.07. The zero-order valence-corrected chi connectivity index (χ0v) is 10.1. The Morgan fingerprint density at radius 2 is 2.06 bits per heavy atom. The molecule has 1 N–H and O–H groups in total. The van der Waals surface area contributed by atoms with Crippen LogP contribution >= 0.6 is 0 Å².